The summed E-state index contributed by atoms with van der Waals surface area (Å²) in [6, 6.07) is 6.11. The van der Waals surface area contributed by atoms with Crippen LogP contribution in [-0.4, -0.2) is 11.8 Å². The van der Waals surface area contributed by atoms with Gasteiger partial charge in [0, 0.05) is 0 Å². The molecular formula is C8H5F2NOS. The Morgan fingerprint density at radius 3 is 2.69 bits per heavy atom. The second kappa shape index (κ2) is 4.64. The van der Waals surface area contributed by atoms with Gasteiger partial charge in [0.25, 0.3) is 0 Å². The van der Waals surface area contributed by atoms with Gasteiger partial charge in [0.2, 0.25) is 0 Å². The van der Waals surface area contributed by atoms with Crippen molar-refractivity contribution in [3.8, 4) is 5.75 Å². The summed E-state index contributed by atoms with van der Waals surface area (Å²) in [4.78, 5) is 3.57. The molecule has 0 aliphatic rings. The van der Waals surface area contributed by atoms with Crippen LogP contribution in [0.3, 0.4) is 0 Å². The molecule has 0 saturated heterocycles. The zero-order valence-corrected chi connectivity index (χ0v) is 7.22. The minimum absolute atomic E-state index is 0.00477. The van der Waals surface area contributed by atoms with E-state index >= 15 is 0 Å². The molecule has 0 aromatic heterocycles. The van der Waals surface area contributed by atoms with Gasteiger partial charge < -0.3 is 4.74 Å². The molecule has 0 spiro atoms. The summed E-state index contributed by atoms with van der Waals surface area (Å²) in [6.45, 7) is -2.86. The molecule has 0 unspecified atom stereocenters. The molecule has 5 heteroatoms. The fourth-order valence-corrected chi connectivity index (χ4v) is 0.893. The second-order valence-electron chi connectivity index (χ2n) is 2.05. The summed E-state index contributed by atoms with van der Waals surface area (Å²) in [7, 11) is 0. The van der Waals surface area contributed by atoms with Gasteiger partial charge in [0.15, 0.2) is 5.75 Å². The lowest BCUT2D eigenvalue weighted by molar-refractivity contribution is -0.0494. The van der Waals surface area contributed by atoms with Gasteiger partial charge in [-0.1, -0.05) is 12.1 Å². The van der Waals surface area contributed by atoms with Gasteiger partial charge in [-0.25, -0.2) is 0 Å². The molecule has 0 bridgehead atoms. The fraction of sp³-hybridized carbons (Fsp3) is 0.125. The number of nitrogens with zero attached hydrogens (tertiary/aromatic N) is 1. The van der Waals surface area contributed by atoms with Crippen LogP contribution in [-0.2, 0) is 0 Å². The summed E-state index contributed by atoms with van der Waals surface area (Å²) >= 11 is 4.35. The van der Waals surface area contributed by atoms with Gasteiger partial charge in [-0.05, 0) is 24.4 Å². The minimum atomic E-state index is -2.86. The molecule has 1 aromatic carbocycles. The van der Waals surface area contributed by atoms with E-state index in [2.05, 4.69) is 27.1 Å². The van der Waals surface area contributed by atoms with Crippen molar-refractivity contribution in [2.45, 2.75) is 6.61 Å². The zero-order valence-electron chi connectivity index (χ0n) is 6.41. The van der Waals surface area contributed by atoms with E-state index in [9.17, 15) is 8.78 Å². The van der Waals surface area contributed by atoms with Crippen LogP contribution in [0.15, 0.2) is 29.3 Å². The van der Waals surface area contributed by atoms with E-state index in [0.717, 1.165) is 0 Å². The van der Waals surface area contributed by atoms with Crippen molar-refractivity contribution in [1.29, 1.82) is 0 Å². The Hall–Kier alpha value is -1.32. The van der Waals surface area contributed by atoms with Gasteiger partial charge in [-0.2, -0.15) is 13.8 Å². The number of isothiocyanates is 1. The highest BCUT2D eigenvalue weighted by Crippen LogP contribution is 2.27. The largest absolute Gasteiger partial charge is 0.432 e. The van der Waals surface area contributed by atoms with Crippen molar-refractivity contribution in [3.05, 3.63) is 24.3 Å². The molecule has 0 aliphatic heterocycles. The molecule has 1 aromatic rings. The molecule has 0 radical (unpaired) electrons. The van der Waals surface area contributed by atoms with Crippen LogP contribution in [0.25, 0.3) is 0 Å². The molecule has 0 aliphatic carbocycles. The summed E-state index contributed by atoms with van der Waals surface area (Å²) in [5.74, 6) is -0.00477. The number of para-hydroxylation sites is 2. The Kier molecular flexibility index (Phi) is 3.49. The molecule has 0 heterocycles. The van der Waals surface area contributed by atoms with E-state index in [1.807, 2.05) is 0 Å². The third-order valence-corrected chi connectivity index (χ3v) is 1.34. The van der Waals surface area contributed by atoms with Crippen molar-refractivity contribution >= 4 is 23.1 Å². The SMILES string of the molecule is FC(F)Oc1ccccc1N=C=S. The van der Waals surface area contributed by atoms with Gasteiger partial charge in [0.1, 0.15) is 5.69 Å². The van der Waals surface area contributed by atoms with Crippen molar-refractivity contribution in [3.63, 3.8) is 0 Å². The van der Waals surface area contributed by atoms with Crippen LogP contribution in [0, 0.1) is 0 Å². The van der Waals surface area contributed by atoms with Crippen LogP contribution >= 0.6 is 12.2 Å². The molecule has 0 N–H and O–H groups in total. The highest BCUT2D eigenvalue weighted by atomic mass is 32.1. The maximum Gasteiger partial charge on any atom is 0.387 e. The first kappa shape index (κ1) is 9.77. The van der Waals surface area contributed by atoms with E-state index < -0.39 is 6.61 Å². The normalized spacial score (nSPS) is 9.46. The highest BCUT2D eigenvalue weighted by Gasteiger charge is 2.07. The monoisotopic (exact) mass is 201 g/mol. The van der Waals surface area contributed by atoms with Crippen LogP contribution in [0.4, 0.5) is 14.5 Å². The molecular weight excluding hydrogens is 196 g/mol. The zero-order chi connectivity index (χ0) is 9.68. The fourth-order valence-electron chi connectivity index (χ4n) is 0.794. The Balaban J connectivity index is 2.97. The first-order valence-electron chi connectivity index (χ1n) is 3.35. The first-order chi connectivity index (χ1) is 6.24. The van der Waals surface area contributed by atoms with E-state index in [4.69, 9.17) is 0 Å². The molecule has 68 valence electrons. The van der Waals surface area contributed by atoms with Gasteiger partial charge in [-0.3, -0.25) is 0 Å². The Bertz CT molecular complexity index is 337. The number of ether oxygens (including phenoxy) is 1. The summed E-state index contributed by atoms with van der Waals surface area (Å²) < 4.78 is 27.8. The summed E-state index contributed by atoms with van der Waals surface area (Å²) in [5.41, 5.74) is 0.248. The molecule has 13 heavy (non-hydrogen) atoms. The van der Waals surface area contributed by atoms with E-state index in [1.54, 1.807) is 12.1 Å². The maximum absolute atomic E-state index is 11.8. The molecule has 2 nitrogen and oxygen atoms in total. The number of thiocarbonyl (C=S) groups is 1. The number of benzene rings is 1. The topological polar surface area (TPSA) is 21.6 Å². The van der Waals surface area contributed by atoms with Gasteiger partial charge in [-0.15, -0.1) is 0 Å². The van der Waals surface area contributed by atoms with Gasteiger partial charge in [0.05, 0.1) is 5.16 Å². The quantitative estimate of drug-likeness (QED) is 0.553. The number of aliphatic imine (C=N–C) groups is 1. The summed E-state index contributed by atoms with van der Waals surface area (Å²) in [5, 5.41) is 2.08. The average molecular weight is 201 g/mol. The average Bonchev–Trinajstić information content (AvgIpc) is 2.08. The number of halogens is 2. The van der Waals surface area contributed by atoms with E-state index in [1.165, 1.54) is 12.1 Å². The van der Waals surface area contributed by atoms with Crippen molar-refractivity contribution < 1.29 is 13.5 Å². The third-order valence-electron chi connectivity index (χ3n) is 1.25. The number of hydrogen-bond donors (Lipinski definition) is 0. The van der Waals surface area contributed by atoms with Crippen LogP contribution in [0.5, 0.6) is 5.75 Å². The number of rotatable bonds is 3. The Morgan fingerprint density at radius 2 is 2.08 bits per heavy atom. The lowest BCUT2D eigenvalue weighted by Crippen LogP contribution is -2.01. The van der Waals surface area contributed by atoms with Crippen LogP contribution in [0.1, 0.15) is 0 Å². The predicted octanol–water partition coefficient (Wildman–Crippen LogP) is 3.02. The molecule has 0 amide bonds. The Labute approximate surface area is 78.9 Å². The highest BCUT2D eigenvalue weighted by molar-refractivity contribution is 7.78. The number of alkyl halides is 2. The molecule has 0 fully saturated rings. The standard InChI is InChI=1S/C8H5F2NOS/c9-8(10)12-7-4-2-1-3-6(7)11-5-13/h1-4,8H. The number of hydrogen-bond acceptors (Lipinski definition) is 3. The smallest absolute Gasteiger partial charge is 0.387 e. The molecule has 0 atom stereocenters. The first-order valence-corrected chi connectivity index (χ1v) is 3.76. The van der Waals surface area contributed by atoms with E-state index in [-0.39, 0.29) is 11.4 Å². The molecule has 0 saturated carbocycles. The molecule has 1 rings (SSSR count). The van der Waals surface area contributed by atoms with Crippen LogP contribution in [0.2, 0.25) is 0 Å². The third kappa shape index (κ3) is 2.89. The van der Waals surface area contributed by atoms with Crippen molar-refractivity contribution in [2.24, 2.45) is 4.99 Å². The van der Waals surface area contributed by atoms with Gasteiger partial charge >= 0.3 is 6.61 Å². The lowest BCUT2D eigenvalue weighted by Gasteiger charge is -2.05. The lowest BCUT2D eigenvalue weighted by atomic mass is 10.3. The van der Waals surface area contributed by atoms with E-state index in [0.29, 0.717) is 0 Å². The predicted molar refractivity (Wildman–Crippen MR) is 47.8 cm³/mol. The van der Waals surface area contributed by atoms with Crippen molar-refractivity contribution in [1.82, 2.24) is 0 Å². The second-order valence-corrected chi connectivity index (χ2v) is 2.23. The Morgan fingerprint density at radius 1 is 1.38 bits per heavy atom. The van der Waals surface area contributed by atoms with Crippen molar-refractivity contribution in [2.75, 3.05) is 0 Å². The van der Waals surface area contributed by atoms with Crippen LogP contribution < -0.4 is 4.74 Å². The maximum atomic E-state index is 11.8. The summed E-state index contributed by atoms with van der Waals surface area (Å²) in [6.07, 6.45) is 0. The minimum Gasteiger partial charge on any atom is -0.432 e.